The highest BCUT2D eigenvalue weighted by molar-refractivity contribution is 7.09. The maximum absolute atomic E-state index is 4.76. The van der Waals surface area contributed by atoms with Crippen molar-refractivity contribution in [3.05, 3.63) is 18.5 Å². The Balaban J connectivity index is 2.23. The first-order chi connectivity index (χ1) is 6.40. The van der Waals surface area contributed by atoms with E-state index >= 15 is 0 Å². The van der Waals surface area contributed by atoms with Crippen LogP contribution in [0, 0.1) is 0 Å². The molecule has 0 N–H and O–H groups in total. The Morgan fingerprint density at radius 1 is 1.62 bits per heavy atom. The quantitative estimate of drug-likeness (QED) is 0.698. The van der Waals surface area contributed by atoms with Gasteiger partial charge >= 0.3 is 0 Å². The summed E-state index contributed by atoms with van der Waals surface area (Å²) in [4.78, 5) is 1.04. The van der Waals surface area contributed by atoms with Crippen molar-refractivity contribution >= 4 is 11.5 Å². The zero-order valence-electron chi connectivity index (χ0n) is 7.30. The van der Waals surface area contributed by atoms with Gasteiger partial charge in [0.25, 0.3) is 0 Å². The summed E-state index contributed by atoms with van der Waals surface area (Å²) in [5.41, 5.74) is 0.854. The molecule has 0 spiro atoms. The molecule has 5 heteroatoms. The molecule has 0 saturated carbocycles. The van der Waals surface area contributed by atoms with Crippen LogP contribution in [0.1, 0.15) is 13.3 Å². The van der Waals surface area contributed by atoms with E-state index in [9.17, 15) is 0 Å². The number of aromatic nitrogens is 3. The fourth-order valence-corrected chi connectivity index (χ4v) is 1.76. The van der Waals surface area contributed by atoms with Crippen molar-refractivity contribution in [3.8, 4) is 10.6 Å². The third-order valence-corrected chi connectivity index (χ3v) is 2.46. The number of hydrogen-bond donors (Lipinski definition) is 0. The summed E-state index contributed by atoms with van der Waals surface area (Å²) in [6, 6.07) is 1.84. The van der Waals surface area contributed by atoms with Gasteiger partial charge in [0.15, 0.2) is 6.54 Å². The highest BCUT2D eigenvalue weighted by Crippen LogP contribution is 2.17. The number of aryl methyl sites for hydroxylation is 1. The smallest absolute Gasteiger partial charge is 0.218 e. The summed E-state index contributed by atoms with van der Waals surface area (Å²) in [5.74, 6) is 0. The molecule has 0 amide bonds. The summed E-state index contributed by atoms with van der Waals surface area (Å²) >= 11 is 1.44. The second-order valence-electron chi connectivity index (χ2n) is 2.71. The summed E-state index contributed by atoms with van der Waals surface area (Å²) in [6.45, 7) is 3.08. The second-order valence-corrected chi connectivity index (χ2v) is 3.50. The van der Waals surface area contributed by atoms with Gasteiger partial charge in [0.1, 0.15) is 16.8 Å². The van der Waals surface area contributed by atoms with Gasteiger partial charge in [-0.3, -0.25) is 0 Å². The van der Waals surface area contributed by atoms with Crippen LogP contribution in [0.5, 0.6) is 0 Å². The van der Waals surface area contributed by atoms with E-state index in [1.165, 1.54) is 11.5 Å². The van der Waals surface area contributed by atoms with E-state index in [2.05, 4.69) is 16.6 Å². The molecule has 0 atom stereocenters. The number of nitrogens with zero attached hydrogens (tertiary/aromatic N) is 3. The van der Waals surface area contributed by atoms with Gasteiger partial charge in [-0.05, 0) is 0 Å². The SMILES string of the molecule is CCC[n+]1cc(-c2ccon2)sn1. The Bertz CT molecular complexity index is 368. The van der Waals surface area contributed by atoms with Crippen LogP contribution in [0.15, 0.2) is 23.0 Å². The molecule has 2 heterocycles. The Morgan fingerprint density at radius 3 is 3.23 bits per heavy atom. The molecule has 2 aromatic rings. The third-order valence-electron chi connectivity index (χ3n) is 1.65. The molecule has 4 nitrogen and oxygen atoms in total. The lowest BCUT2D eigenvalue weighted by molar-refractivity contribution is -0.746. The van der Waals surface area contributed by atoms with Crippen LogP contribution in [0.25, 0.3) is 10.6 Å². The summed E-state index contributed by atoms with van der Waals surface area (Å²) in [7, 11) is 0. The second kappa shape index (κ2) is 3.66. The predicted octanol–water partition coefficient (Wildman–Crippen LogP) is 1.50. The molecule has 2 aromatic heterocycles. The van der Waals surface area contributed by atoms with E-state index in [0.29, 0.717) is 0 Å². The van der Waals surface area contributed by atoms with Crippen LogP contribution in [0.2, 0.25) is 0 Å². The minimum atomic E-state index is 0.854. The van der Waals surface area contributed by atoms with Crippen molar-refractivity contribution in [2.75, 3.05) is 0 Å². The zero-order valence-corrected chi connectivity index (χ0v) is 8.12. The van der Waals surface area contributed by atoms with Crippen molar-refractivity contribution in [2.45, 2.75) is 19.9 Å². The van der Waals surface area contributed by atoms with Crippen LogP contribution in [0.3, 0.4) is 0 Å². The molecule has 0 fully saturated rings. The van der Waals surface area contributed by atoms with E-state index < -0.39 is 0 Å². The summed E-state index contributed by atoms with van der Waals surface area (Å²) in [6.07, 6.45) is 4.65. The van der Waals surface area contributed by atoms with Crippen molar-refractivity contribution in [1.29, 1.82) is 0 Å². The lowest BCUT2D eigenvalue weighted by Gasteiger charge is -1.80. The van der Waals surface area contributed by atoms with Gasteiger partial charge in [0, 0.05) is 24.0 Å². The molecule has 0 aliphatic heterocycles. The number of rotatable bonds is 3. The molecule has 0 saturated heterocycles. The van der Waals surface area contributed by atoms with E-state index in [-0.39, 0.29) is 0 Å². The molecule has 2 rings (SSSR count). The Labute approximate surface area is 79.9 Å². The minimum absolute atomic E-state index is 0.854. The molecular formula is C8H10N3OS+. The molecule has 13 heavy (non-hydrogen) atoms. The Morgan fingerprint density at radius 2 is 2.54 bits per heavy atom. The molecule has 0 bridgehead atoms. The molecule has 0 aromatic carbocycles. The monoisotopic (exact) mass is 196 g/mol. The van der Waals surface area contributed by atoms with Gasteiger partial charge in [-0.25, -0.2) is 0 Å². The molecule has 0 radical (unpaired) electrons. The van der Waals surface area contributed by atoms with Gasteiger partial charge in [-0.15, -0.1) is 0 Å². The first-order valence-electron chi connectivity index (χ1n) is 4.17. The molecule has 0 aliphatic carbocycles. The highest BCUT2D eigenvalue weighted by Gasteiger charge is 2.11. The largest absolute Gasteiger partial charge is 0.364 e. The van der Waals surface area contributed by atoms with Crippen LogP contribution in [0.4, 0.5) is 0 Å². The third kappa shape index (κ3) is 1.75. The lowest BCUT2D eigenvalue weighted by Crippen LogP contribution is -2.33. The Hall–Kier alpha value is -1.23. The van der Waals surface area contributed by atoms with Gasteiger partial charge in [0.05, 0.1) is 4.49 Å². The van der Waals surface area contributed by atoms with Crippen molar-refractivity contribution < 1.29 is 9.20 Å². The van der Waals surface area contributed by atoms with Crippen LogP contribution in [-0.4, -0.2) is 9.64 Å². The van der Waals surface area contributed by atoms with E-state index in [1.807, 2.05) is 16.9 Å². The molecule has 68 valence electrons. The average molecular weight is 196 g/mol. The fourth-order valence-electron chi connectivity index (χ4n) is 1.07. The van der Waals surface area contributed by atoms with Gasteiger partial charge in [0.2, 0.25) is 6.20 Å². The van der Waals surface area contributed by atoms with E-state index in [0.717, 1.165) is 23.5 Å². The standard InChI is InChI=1S/C8H10N3OS/c1-2-4-11-6-8(13-10-11)7-3-5-12-9-7/h3,5-6H,2,4H2,1H3/q+1. The lowest BCUT2D eigenvalue weighted by atomic mass is 10.4. The van der Waals surface area contributed by atoms with Gasteiger partial charge in [-0.1, -0.05) is 16.8 Å². The topological polar surface area (TPSA) is 42.8 Å². The van der Waals surface area contributed by atoms with Crippen molar-refractivity contribution in [2.24, 2.45) is 0 Å². The number of hydrogen-bond acceptors (Lipinski definition) is 4. The molecular weight excluding hydrogens is 186 g/mol. The minimum Gasteiger partial charge on any atom is -0.364 e. The summed E-state index contributed by atoms with van der Waals surface area (Å²) < 4.78 is 10.9. The first-order valence-corrected chi connectivity index (χ1v) is 4.94. The molecule has 0 unspecified atom stereocenters. The van der Waals surface area contributed by atoms with Crippen LogP contribution >= 0.6 is 11.5 Å². The fraction of sp³-hybridized carbons (Fsp3) is 0.375. The highest BCUT2D eigenvalue weighted by atomic mass is 32.1. The summed E-state index contributed by atoms with van der Waals surface area (Å²) in [5, 5.41) is 3.84. The van der Waals surface area contributed by atoms with Crippen LogP contribution in [-0.2, 0) is 6.54 Å². The van der Waals surface area contributed by atoms with Crippen LogP contribution < -0.4 is 4.68 Å². The maximum Gasteiger partial charge on any atom is 0.218 e. The van der Waals surface area contributed by atoms with E-state index in [4.69, 9.17) is 4.52 Å². The maximum atomic E-state index is 4.76. The van der Waals surface area contributed by atoms with Crippen molar-refractivity contribution in [1.82, 2.24) is 9.64 Å². The van der Waals surface area contributed by atoms with Gasteiger partial charge in [-0.2, -0.15) is 0 Å². The first kappa shape index (κ1) is 8.37. The molecule has 0 aliphatic rings. The zero-order chi connectivity index (χ0) is 9.10. The predicted molar refractivity (Wildman–Crippen MR) is 48.1 cm³/mol. The van der Waals surface area contributed by atoms with Gasteiger partial charge < -0.3 is 4.52 Å². The Kier molecular flexibility index (Phi) is 2.35. The average Bonchev–Trinajstić information content (AvgIpc) is 2.70. The van der Waals surface area contributed by atoms with Crippen molar-refractivity contribution in [3.63, 3.8) is 0 Å². The van der Waals surface area contributed by atoms with E-state index in [1.54, 1.807) is 6.26 Å². The normalized spacial score (nSPS) is 10.5.